The number of anilines is 2. The average Bonchev–Trinajstić information content (AvgIpc) is 3.27. The zero-order valence-electron chi connectivity index (χ0n) is 21.7. The molecule has 3 aromatic carbocycles. The molecule has 2 aliphatic heterocycles. The van der Waals surface area contributed by atoms with Gasteiger partial charge in [-0.15, -0.1) is 11.8 Å². The number of rotatable bonds is 2. The molecule has 4 atom stereocenters. The lowest BCUT2D eigenvalue weighted by atomic mass is 9.80. The van der Waals surface area contributed by atoms with Crippen molar-refractivity contribution in [2.24, 2.45) is 5.92 Å². The minimum absolute atomic E-state index is 0.219. The lowest BCUT2D eigenvalue weighted by Crippen LogP contribution is -2.47. The first-order chi connectivity index (χ1) is 19.2. The van der Waals surface area contributed by atoms with Gasteiger partial charge in [-0.05, 0) is 53.4 Å². The van der Waals surface area contributed by atoms with Crippen LogP contribution in [0.4, 0.5) is 11.5 Å². The third kappa shape index (κ3) is 3.53. The highest BCUT2D eigenvalue weighted by Gasteiger charge is 2.42. The van der Waals surface area contributed by atoms with E-state index in [1.54, 1.807) is 0 Å². The van der Waals surface area contributed by atoms with Crippen LogP contribution in [0.15, 0.2) is 132 Å². The Kier molecular flexibility index (Phi) is 5.11. The molecule has 0 spiro atoms. The van der Waals surface area contributed by atoms with E-state index in [1.807, 2.05) is 11.8 Å². The fraction of sp³-hybridized carbons (Fsp3) is 0.139. The third-order valence-electron chi connectivity index (χ3n) is 8.63. The Morgan fingerprint density at radius 1 is 0.821 bits per heavy atom. The molecule has 0 saturated heterocycles. The number of allylic oxidation sites excluding steroid dienone is 5. The van der Waals surface area contributed by atoms with Crippen molar-refractivity contribution in [2.75, 3.05) is 4.90 Å². The topological polar surface area (TPSA) is 16.1 Å². The second-order valence-corrected chi connectivity index (χ2v) is 12.1. The van der Waals surface area contributed by atoms with Gasteiger partial charge in [-0.3, -0.25) is 0 Å². The summed E-state index contributed by atoms with van der Waals surface area (Å²) in [5.41, 5.74) is 7.04. The minimum Gasteiger partial charge on any atom is -0.315 e. The average molecular weight is 521 g/mol. The molecule has 0 bridgehead atoms. The lowest BCUT2D eigenvalue weighted by Gasteiger charge is -2.44. The number of benzene rings is 3. The van der Waals surface area contributed by atoms with Crippen molar-refractivity contribution in [3.63, 3.8) is 0 Å². The first-order valence-corrected chi connectivity index (χ1v) is 14.6. The molecule has 0 radical (unpaired) electrons. The van der Waals surface area contributed by atoms with Gasteiger partial charge in [0, 0.05) is 27.4 Å². The van der Waals surface area contributed by atoms with Crippen molar-refractivity contribution in [3.8, 4) is 11.1 Å². The smallest absolute Gasteiger partial charge is 0.135 e. The summed E-state index contributed by atoms with van der Waals surface area (Å²) in [7, 11) is 0. The molecule has 188 valence electrons. The van der Waals surface area contributed by atoms with Crippen molar-refractivity contribution >= 4 is 40.2 Å². The summed E-state index contributed by atoms with van der Waals surface area (Å²) in [4.78, 5) is 9.21. The predicted octanol–water partition coefficient (Wildman–Crippen LogP) is 9.25. The predicted molar refractivity (Wildman–Crippen MR) is 166 cm³/mol. The molecule has 4 aromatic rings. The van der Waals surface area contributed by atoms with Crippen LogP contribution in [0.2, 0.25) is 0 Å². The Hall–Kier alpha value is -4.08. The highest BCUT2D eigenvalue weighted by atomic mass is 32.2. The van der Waals surface area contributed by atoms with Crippen molar-refractivity contribution in [2.45, 2.75) is 28.5 Å². The van der Waals surface area contributed by atoms with Gasteiger partial charge < -0.3 is 4.90 Å². The second-order valence-electron chi connectivity index (χ2n) is 10.9. The number of fused-ring (bicyclic) bond motifs is 6. The summed E-state index contributed by atoms with van der Waals surface area (Å²) < 4.78 is 0. The molecule has 3 heterocycles. The van der Waals surface area contributed by atoms with Gasteiger partial charge in [0.25, 0.3) is 0 Å². The minimum atomic E-state index is -0.302. The maximum absolute atomic E-state index is 5.34. The largest absolute Gasteiger partial charge is 0.315 e. The zero-order valence-corrected chi connectivity index (χ0v) is 22.6. The maximum Gasteiger partial charge on any atom is 0.135 e. The summed E-state index contributed by atoms with van der Waals surface area (Å²) in [6.07, 6.45) is 22.8. The van der Waals surface area contributed by atoms with Crippen LogP contribution in [0.5, 0.6) is 0 Å². The van der Waals surface area contributed by atoms with Crippen LogP contribution in [0, 0.1) is 5.92 Å². The van der Waals surface area contributed by atoms with E-state index < -0.39 is 0 Å². The van der Waals surface area contributed by atoms with Gasteiger partial charge in [-0.2, -0.15) is 0 Å². The van der Waals surface area contributed by atoms with Crippen LogP contribution in [0.1, 0.15) is 24.0 Å². The van der Waals surface area contributed by atoms with Gasteiger partial charge in [0.05, 0.1) is 16.7 Å². The number of thioether (sulfide) groups is 1. The molecule has 4 aliphatic rings. The van der Waals surface area contributed by atoms with Gasteiger partial charge in [0.2, 0.25) is 0 Å². The summed E-state index contributed by atoms with van der Waals surface area (Å²) in [5, 5.41) is 1.64. The first-order valence-electron chi connectivity index (χ1n) is 13.7. The maximum atomic E-state index is 5.34. The highest BCUT2D eigenvalue weighted by Crippen LogP contribution is 2.53. The van der Waals surface area contributed by atoms with Crippen LogP contribution in [-0.4, -0.2) is 15.8 Å². The molecular weight excluding hydrogens is 492 g/mol. The standard InChI is InChI=1S/C36H28N2S/c1-36-20-10-9-13-26(36)19-18-25-21-30-28-15-6-8-17-33(28)39-34(30)23-32(25)38(36)35-22-29(24-11-3-2-4-12-24)27-14-5-7-16-31(27)37-35/h2-23,26,28,33H,1H3. The fourth-order valence-electron chi connectivity index (χ4n) is 6.61. The summed E-state index contributed by atoms with van der Waals surface area (Å²) in [6.45, 7) is 2.35. The van der Waals surface area contributed by atoms with Gasteiger partial charge >= 0.3 is 0 Å². The molecule has 4 unspecified atom stereocenters. The molecule has 2 nitrogen and oxygen atoms in total. The number of nitrogens with zero attached hydrogens (tertiary/aromatic N) is 2. The molecule has 8 rings (SSSR count). The highest BCUT2D eigenvalue weighted by molar-refractivity contribution is 8.00. The number of para-hydroxylation sites is 1. The Labute approximate surface area is 233 Å². The van der Waals surface area contributed by atoms with E-state index in [4.69, 9.17) is 4.98 Å². The molecule has 0 fully saturated rings. The summed E-state index contributed by atoms with van der Waals surface area (Å²) in [6, 6.07) is 26.4. The van der Waals surface area contributed by atoms with Gasteiger partial charge in [0.15, 0.2) is 0 Å². The molecule has 0 saturated carbocycles. The summed E-state index contributed by atoms with van der Waals surface area (Å²) >= 11 is 1.99. The molecular formula is C36H28N2S. The van der Waals surface area contributed by atoms with E-state index in [9.17, 15) is 0 Å². The van der Waals surface area contributed by atoms with Crippen molar-refractivity contribution in [1.29, 1.82) is 0 Å². The van der Waals surface area contributed by atoms with Crippen LogP contribution in [-0.2, 0) is 0 Å². The quantitative estimate of drug-likeness (QED) is 0.262. The Morgan fingerprint density at radius 3 is 2.56 bits per heavy atom. The molecule has 1 aromatic heterocycles. The molecule has 0 N–H and O–H groups in total. The monoisotopic (exact) mass is 520 g/mol. The summed E-state index contributed by atoms with van der Waals surface area (Å²) in [5.74, 6) is 1.63. The van der Waals surface area contributed by atoms with Gasteiger partial charge in [-0.1, -0.05) is 109 Å². The fourth-order valence-corrected chi connectivity index (χ4v) is 7.97. The Balaban J connectivity index is 1.39. The van der Waals surface area contributed by atoms with E-state index in [0.29, 0.717) is 11.2 Å². The Bertz CT molecular complexity index is 1780. The lowest BCUT2D eigenvalue weighted by molar-refractivity contribution is 0.482. The van der Waals surface area contributed by atoms with Crippen LogP contribution in [0.25, 0.3) is 28.1 Å². The third-order valence-corrected chi connectivity index (χ3v) is 9.96. The SMILES string of the molecule is CC12C=CC=CC1C=Cc1cc3c(cc1N2c1cc(-c2ccccc2)c2ccccc2n1)SC1C=CC=CC31. The molecule has 2 aliphatic carbocycles. The van der Waals surface area contributed by atoms with Gasteiger partial charge in [-0.25, -0.2) is 4.98 Å². The van der Waals surface area contributed by atoms with Crippen molar-refractivity contribution in [3.05, 3.63) is 139 Å². The van der Waals surface area contributed by atoms with E-state index in [0.717, 1.165) is 11.3 Å². The van der Waals surface area contributed by atoms with Crippen LogP contribution in [0.3, 0.4) is 0 Å². The first kappa shape index (κ1) is 22.9. The van der Waals surface area contributed by atoms with Gasteiger partial charge in [0.1, 0.15) is 5.82 Å². The number of hydrogen-bond acceptors (Lipinski definition) is 3. The van der Waals surface area contributed by atoms with E-state index in [-0.39, 0.29) is 11.5 Å². The molecule has 39 heavy (non-hydrogen) atoms. The van der Waals surface area contributed by atoms with Crippen molar-refractivity contribution in [1.82, 2.24) is 4.98 Å². The number of aromatic nitrogens is 1. The second kappa shape index (κ2) is 8.72. The number of pyridine rings is 1. The van der Waals surface area contributed by atoms with Crippen molar-refractivity contribution < 1.29 is 0 Å². The van der Waals surface area contributed by atoms with E-state index in [1.165, 1.54) is 38.2 Å². The normalized spacial score (nSPS) is 25.8. The zero-order chi connectivity index (χ0) is 26.0. The Morgan fingerprint density at radius 2 is 1.64 bits per heavy atom. The number of hydrogen-bond donors (Lipinski definition) is 0. The van der Waals surface area contributed by atoms with E-state index >= 15 is 0 Å². The van der Waals surface area contributed by atoms with E-state index in [2.05, 4.69) is 145 Å². The van der Waals surface area contributed by atoms with Crippen LogP contribution < -0.4 is 4.90 Å². The van der Waals surface area contributed by atoms with Crippen LogP contribution >= 0.6 is 11.8 Å². The molecule has 3 heteroatoms. The molecule has 0 amide bonds.